The number of carbonyl (C=O) groups is 4. The summed E-state index contributed by atoms with van der Waals surface area (Å²) in [5, 5.41) is 33.6. The molecule has 2 saturated heterocycles. The van der Waals surface area contributed by atoms with Crippen LogP contribution in [0.5, 0.6) is 0 Å². The Kier molecular flexibility index (Phi) is 28.1. The summed E-state index contributed by atoms with van der Waals surface area (Å²) < 4.78 is 109. The first-order valence-corrected chi connectivity index (χ1v) is 32.5. The molecule has 86 heavy (non-hydrogen) atoms. The molecule has 4 fully saturated rings. The summed E-state index contributed by atoms with van der Waals surface area (Å²) in [5.74, 6) is -0.0142. The maximum absolute atomic E-state index is 13.1. The average molecular weight is 1280 g/mol. The minimum absolute atomic E-state index is 0. The van der Waals surface area contributed by atoms with Crippen LogP contribution in [0.1, 0.15) is 174 Å². The number of hydrogen-bond acceptors (Lipinski definition) is 13. The van der Waals surface area contributed by atoms with E-state index in [9.17, 15) is 58.7 Å². The Hall–Kier alpha value is -3.76. The number of ether oxygens (including phenoxy) is 1. The number of hydrogen-bond donors (Lipinski definition) is 4. The second-order valence-corrected chi connectivity index (χ2v) is 29.3. The number of aromatic carboxylic acids is 1. The van der Waals surface area contributed by atoms with Gasteiger partial charge in [0, 0.05) is 38.0 Å². The smallest absolute Gasteiger partial charge is 0.850 e. The summed E-state index contributed by atoms with van der Waals surface area (Å²) in [5.41, 5.74) is 0.650. The largest absolute Gasteiger partial charge is 1.00 e. The van der Waals surface area contributed by atoms with Gasteiger partial charge in [-0.1, -0.05) is 32.9 Å². The number of aliphatic imine (C=N–C) groups is 2. The van der Waals surface area contributed by atoms with Crippen LogP contribution < -0.4 is 67.1 Å². The van der Waals surface area contributed by atoms with Gasteiger partial charge in [-0.05, 0) is 208 Å². The fraction of sp³-hybridized carbons (Fsp3) is 0.639. The molecule has 8 rings (SSSR count). The van der Waals surface area contributed by atoms with E-state index in [2.05, 4.69) is 10.6 Å². The Morgan fingerprint density at radius 1 is 0.663 bits per heavy atom. The van der Waals surface area contributed by atoms with Gasteiger partial charge in [0.2, 0.25) is 20.0 Å². The summed E-state index contributed by atoms with van der Waals surface area (Å²) >= 11 is 0. The van der Waals surface area contributed by atoms with Gasteiger partial charge >= 0.3 is 63.3 Å². The molecule has 474 valence electrons. The van der Waals surface area contributed by atoms with Crippen LogP contribution in [-0.4, -0.2) is 138 Å². The van der Waals surface area contributed by atoms with E-state index < -0.39 is 66.4 Å². The van der Waals surface area contributed by atoms with Gasteiger partial charge in [0.1, 0.15) is 22.7 Å². The number of esters is 1. The number of carboxylic acid groups (broad SMARTS) is 1. The van der Waals surface area contributed by atoms with Crippen molar-refractivity contribution < 1.29 is 125 Å². The quantitative estimate of drug-likeness (QED) is 0.0880. The van der Waals surface area contributed by atoms with Crippen LogP contribution >= 0.6 is 0 Å². The average Bonchev–Trinajstić information content (AvgIpc) is 1.80. The van der Waals surface area contributed by atoms with E-state index >= 15 is 0 Å². The number of methoxy groups -OCH3 is 1. The molecule has 4 heterocycles. The van der Waals surface area contributed by atoms with Crippen molar-refractivity contribution in [2.24, 2.45) is 33.7 Å². The van der Waals surface area contributed by atoms with Crippen molar-refractivity contribution in [2.75, 3.05) is 44.8 Å². The molecule has 2 spiro atoms. The van der Waals surface area contributed by atoms with Gasteiger partial charge in [0.25, 0.3) is 24.0 Å². The van der Waals surface area contributed by atoms with Gasteiger partial charge in [-0.2, -0.15) is 17.6 Å². The van der Waals surface area contributed by atoms with E-state index in [1.165, 1.54) is 27.9 Å². The predicted octanol–water partition coefficient (Wildman–Crippen LogP) is 5.83. The third-order valence-corrected chi connectivity index (χ3v) is 19.9. The van der Waals surface area contributed by atoms with Crippen LogP contribution in [0.3, 0.4) is 0 Å². The molecule has 2 amide bonds. The van der Waals surface area contributed by atoms with Gasteiger partial charge in [-0.3, -0.25) is 19.6 Å². The number of aryl methyl sites for hydroxylation is 4. The molecule has 0 radical (unpaired) electrons. The van der Waals surface area contributed by atoms with E-state index in [4.69, 9.17) is 24.9 Å². The number of carbonyl (C=O) groups excluding carboxylic acids is 3. The molecular formula is C61H87F4KN6O12S2. The zero-order valence-electron chi connectivity index (χ0n) is 51.6. The number of nitrogens with one attached hydrogen (secondary N) is 2. The van der Waals surface area contributed by atoms with Crippen LogP contribution in [0.25, 0.3) is 0 Å². The summed E-state index contributed by atoms with van der Waals surface area (Å²) in [4.78, 5) is 58.2. The minimum atomic E-state index is -3.56. The molecule has 2 aromatic rings. The first-order valence-electron chi connectivity index (χ1n) is 29.3. The molecular weight excluding hydrogens is 1190 g/mol. The van der Waals surface area contributed by atoms with E-state index in [1.54, 1.807) is 72.7 Å². The molecule has 25 heteroatoms. The van der Waals surface area contributed by atoms with Gasteiger partial charge in [-0.25, -0.2) is 35.0 Å². The standard InChI is InChI=1S/C27H35F2N3O5S.C26H33F2N3O5S.C4H10O.C4H9O.K/c1-18-17-22(25(33)37-2)9-8-20(18)11-16-38(35,36)32-14-12-27(13-15-32)26(34)30-24(31-27)21-6-3-19(4-7-21)5-10-23(28)29;1-17-16-21(24(32)33)8-7-19(17)10-15-37(35,36)31-13-11-26(12-14-31)25(34)29-23(30-26)20-5-2-18(3-6-20)4-9-22(27)28;2*1-4(2,3)5;/h8-10,17,19,21H,3-7,11-16H2,1-2H3,(H,30,31,34);7-9,16,18,20H,2-6,10-15H2,1H3,(H,32,33)(H,29,30,34);5H,1-3H3;1-3H3;/q;;;-1;+1. The molecule has 0 unspecified atom stereocenters. The number of nitrogens with zero attached hydrogens (tertiary/aromatic N) is 4. The summed E-state index contributed by atoms with van der Waals surface area (Å²) in [7, 11) is -5.79. The maximum atomic E-state index is 13.1. The molecule has 2 aliphatic carbocycles. The SMILES string of the molecule is CC(C)(C)O.CC(C)(C)[O-].COC(=O)c1ccc(CCS(=O)(=O)N2CCC3(CC2)N=C(C2CCC(CC=C(F)F)CC2)NC3=O)c(C)c1.Cc1cc(C(=O)O)ccc1CCS(=O)(=O)N1CCC2(CC1)N=C(C1CCC(CC=C(F)F)CC1)NC2=O.[K+]. The maximum Gasteiger partial charge on any atom is 1.00 e. The number of piperidine rings is 2. The fourth-order valence-electron chi connectivity index (χ4n) is 11.3. The monoisotopic (exact) mass is 1270 g/mol. The Morgan fingerprint density at radius 3 is 1.29 bits per heavy atom. The normalized spacial score (nSPS) is 22.1. The summed E-state index contributed by atoms with van der Waals surface area (Å²) in [6.07, 6.45) is 7.68. The first-order chi connectivity index (χ1) is 39.5. The van der Waals surface area contributed by atoms with Crippen molar-refractivity contribution in [3.8, 4) is 0 Å². The Labute approximate surface area is 548 Å². The topological polar surface area (TPSA) is 265 Å². The molecule has 2 saturated carbocycles. The van der Waals surface area contributed by atoms with Crippen molar-refractivity contribution >= 4 is 55.5 Å². The zero-order valence-corrected chi connectivity index (χ0v) is 56.3. The Morgan fingerprint density at radius 2 is 0.988 bits per heavy atom. The number of halogens is 4. The zero-order chi connectivity index (χ0) is 63.3. The van der Waals surface area contributed by atoms with Crippen molar-refractivity contribution in [2.45, 2.75) is 180 Å². The van der Waals surface area contributed by atoms with Crippen LogP contribution in [0.2, 0.25) is 0 Å². The molecule has 0 atom stereocenters. The summed E-state index contributed by atoms with van der Waals surface area (Å²) in [6, 6.07) is 9.75. The number of aliphatic hydroxyl groups is 1. The van der Waals surface area contributed by atoms with Crippen LogP contribution in [0.15, 0.2) is 70.7 Å². The number of carboxylic acids is 1. The molecule has 0 aromatic heterocycles. The van der Waals surface area contributed by atoms with Crippen LogP contribution in [-0.2, 0) is 47.2 Å². The van der Waals surface area contributed by atoms with Crippen molar-refractivity contribution in [1.82, 2.24) is 19.2 Å². The number of benzene rings is 2. The number of sulfonamides is 2. The first kappa shape index (κ1) is 74.7. The van der Waals surface area contributed by atoms with Crippen molar-refractivity contribution in [3.63, 3.8) is 0 Å². The van der Waals surface area contributed by atoms with Crippen molar-refractivity contribution in [1.29, 1.82) is 0 Å². The van der Waals surface area contributed by atoms with Gasteiger partial charge in [-0.15, -0.1) is 5.60 Å². The molecule has 0 bridgehead atoms. The Balaban J connectivity index is 0.000000315. The molecule has 4 aliphatic heterocycles. The second-order valence-electron chi connectivity index (χ2n) is 25.2. The van der Waals surface area contributed by atoms with Crippen molar-refractivity contribution in [3.05, 3.63) is 94.1 Å². The Bertz CT molecular complexity index is 3010. The van der Waals surface area contributed by atoms with E-state index in [-0.39, 0.29) is 137 Å². The molecule has 18 nitrogen and oxygen atoms in total. The van der Waals surface area contributed by atoms with Gasteiger partial charge in [0.05, 0.1) is 35.3 Å². The van der Waals surface area contributed by atoms with E-state index in [1.807, 2.05) is 6.92 Å². The van der Waals surface area contributed by atoms with E-state index in [0.29, 0.717) is 62.2 Å². The number of rotatable bonds is 16. The number of amides is 2. The molecule has 2 aromatic carbocycles. The molecule has 6 aliphatic rings. The number of amidine groups is 2. The van der Waals surface area contributed by atoms with Gasteiger partial charge < -0.3 is 30.7 Å². The second kappa shape index (κ2) is 32.3. The van der Waals surface area contributed by atoms with Crippen LogP contribution in [0.4, 0.5) is 17.6 Å². The summed E-state index contributed by atoms with van der Waals surface area (Å²) in [6.45, 7) is 14.6. The number of allylic oxidation sites excluding steroid dienone is 2. The van der Waals surface area contributed by atoms with Crippen LogP contribution in [0, 0.1) is 37.5 Å². The third-order valence-electron chi connectivity index (χ3n) is 16.2. The molecule has 4 N–H and O–H groups in total. The fourth-order valence-corrected chi connectivity index (χ4v) is 14.3. The third kappa shape index (κ3) is 22.9. The predicted molar refractivity (Wildman–Crippen MR) is 316 cm³/mol. The minimum Gasteiger partial charge on any atom is -0.850 e. The van der Waals surface area contributed by atoms with E-state index in [0.717, 1.165) is 85.8 Å². The van der Waals surface area contributed by atoms with Gasteiger partial charge in [0.15, 0.2) is 0 Å².